The molecule has 1 aliphatic rings. The minimum atomic E-state index is -4.56. The van der Waals surface area contributed by atoms with E-state index in [-0.39, 0.29) is 5.91 Å². The maximum absolute atomic E-state index is 13.0. The number of hydrogen-bond donors (Lipinski definition) is 1. The van der Waals surface area contributed by atoms with Gasteiger partial charge in [-0.05, 0) is 36.2 Å². The van der Waals surface area contributed by atoms with Gasteiger partial charge < -0.3 is 15.0 Å². The van der Waals surface area contributed by atoms with Crippen LogP contribution in [0.15, 0.2) is 48.5 Å². The molecule has 0 aromatic heterocycles. The van der Waals surface area contributed by atoms with Gasteiger partial charge in [-0.2, -0.15) is 13.2 Å². The lowest BCUT2D eigenvalue weighted by atomic mass is 10.2. The summed E-state index contributed by atoms with van der Waals surface area (Å²) in [6, 6.07) is 11.7. The number of para-hydroxylation sites is 1. The fourth-order valence-corrected chi connectivity index (χ4v) is 3.01. The second-order valence-corrected chi connectivity index (χ2v) is 6.45. The van der Waals surface area contributed by atoms with Crippen molar-refractivity contribution in [2.24, 2.45) is 0 Å². The van der Waals surface area contributed by atoms with Crippen molar-refractivity contribution in [3.63, 3.8) is 0 Å². The van der Waals surface area contributed by atoms with Gasteiger partial charge in [-0.1, -0.05) is 24.3 Å². The standard InChI is InChI=1S/C20H19F3N2O3/c21-20(22,23)16-7-1-2-8-17(16)28-13-18(26)24-15-6-3-5-14(11-15)12-25-10-4-9-19(25)27/h1-3,5-8,11H,4,9-10,12-13H2,(H,24,26). The van der Waals surface area contributed by atoms with Gasteiger partial charge in [0.1, 0.15) is 5.75 Å². The van der Waals surface area contributed by atoms with Gasteiger partial charge in [0.15, 0.2) is 6.61 Å². The topological polar surface area (TPSA) is 58.6 Å². The number of anilines is 1. The van der Waals surface area contributed by atoms with Gasteiger partial charge >= 0.3 is 6.18 Å². The Kier molecular flexibility index (Phi) is 5.87. The Balaban J connectivity index is 1.58. The summed E-state index contributed by atoms with van der Waals surface area (Å²) < 4.78 is 43.9. The maximum Gasteiger partial charge on any atom is 0.419 e. The molecule has 1 aliphatic heterocycles. The first-order chi connectivity index (χ1) is 13.3. The second kappa shape index (κ2) is 8.33. The number of nitrogens with one attached hydrogen (secondary N) is 1. The van der Waals surface area contributed by atoms with Crippen LogP contribution in [0.1, 0.15) is 24.0 Å². The largest absolute Gasteiger partial charge is 0.483 e. The highest BCUT2D eigenvalue weighted by molar-refractivity contribution is 5.92. The first-order valence-electron chi connectivity index (χ1n) is 8.78. The molecule has 0 spiro atoms. The van der Waals surface area contributed by atoms with Gasteiger partial charge in [-0.3, -0.25) is 9.59 Å². The van der Waals surface area contributed by atoms with E-state index in [4.69, 9.17) is 4.74 Å². The number of amides is 2. The lowest BCUT2D eigenvalue weighted by Gasteiger charge is -2.16. The third-order valence-corrected chi connectivity index (χ3v) is 4.31. The van der Waals surface area contributed by atoms with Crippen LogP contribution in [0.5, 0.6) is 5.75 Å². The zero-order chi connectivity index (χ0) is 20.1. The van der Waals surface area contributed by atoms with E-state index in [1.54, 1.807) is 23.1 Å². The lowest BCUT2D eigenvalue weighted by molar-refractivity contribution is -0.139. The van der Waals surface area contributed by atoms with Crippen LogP contribution in [0.2, 0.25) is 0 Å². The van der Waals surface area contributed by atoms with Crippen LogP contribution in [0.4, 0.5) is 18.9 Å². The summed E-state index contributed by atoms with van der Waals surface area (Å²) in [5.74, 6) is -0.871. The van der Waals surface area contributed by atoms with E-state index in [1.165, 1.54) is 18.2 Å². The van der Waals surface area contributed by atoms with Gasteiger partial charge in [0.25, 0.3) is 5.91 Å². The quantitative estimate of drug-likeness (QED) is 0.813. The Hall–Kier alpha value is -3.03. The van der Waals surface area contributed by atoms with Crippen molar-refractivity contribution in [3.05, 3.63) is 59.7 Å². The predicted molar refractivity (Wildman–Crippen MR) is 96.7 cm³/mol. The molecule has 0 aliphatic carbocycles. The smallest absolute Gasteiger partial charge is 0.419 e. The summed E-state index contributed by atoms with van der Waals surface area (Å²) in [4.78, 5) is 25.5. The van der Waals surface area contributed by atoms with Crippen molar-refractivity contribution in [1.29, 1.82) is 0 Å². The van der Waals surface area contributed by atoms with E-state index in [1.807, 2.05) is 6.07 Å². The highest BCUT2D eigenvalue weighted by atomic mass is 19.4. The van der Waals surface area contributed by atoms with Crippen LogP contribution in [0, 0.1) is 0 Å². The highest BCUT2D eigenvalue weighted by Gasteiger charge is 2.34. The normalized spacial score (nSPS) is 14.2. The number of ether oxygens (including phenoxy) is 1. The number of benzene rings is 2. The van der Waals surface area contributed by atoms with Crippen LogP contribution in [0.3, 0.4) is 0 Å². The summed E-state index contributed by atoms with van der Waals surface area (Å²) in [5.41, 5.74) is 0.415. The monoisotopic (exact) mass is 392 g/mol. The van der Waals surface area contributed by atoms with Crippen LogP contribution in [-0.4, -0.2) is 29.9 Å². The van der Waals surface area contributed by atoms with E-state index in [0.717, 1.165) is 18.1 Å². The molecule has 0 saturated carbocycles. The molecule has 0 radical (unpaired) electrons. The van der Waals surface area contributed by atoms with Gasteiger partial charge in [0, 0.05) is 25.2 Å². The highest BCUT2D eigenvalue weighted by Crippen LogP contribution is 2.35. The molecule has 2 amide bonds. The Morgan fingerprint density at radius 3 is 2.64 bits per heavy atom. The van der Waals surface area contributed by atoms with Crippen LogP contribution in [-0.2, 0) is 22.3 Å². The average molecular weight is 392 g/mol. The number of hydrogen-bond acceptors (Lipinski definition) is 3. The Labute approximate surface area is 160 Å². The molecular weight excluding hydrogens is 373 g/mol. The molecule has 8 heteroatoms. The summed E-state index contributed by atoms with van der Waals surface area (Å²) in [6.45, 7) is 0.613. The summed E-state index contributed by atoms with van der Waals surface area (Å²) in [7, 11) is 0. The minimum absolute atomic E-state index is 0.103. The zero-order valence-electron chi connectivity index (χ0n) is 15.0. The van der Waals surface area contributed by atoms with Gasteiger partial charge in [0.05, 0.1) is 5.56 Å². The van der Waals surface area contributed by atoms with Crippen molar-refractivity contribution >= 4 is 17.5 Å². The fourth-order valence-electron chi connectivity index (χ4n) is 3.01. The molecule has 3 rings (SSSR count). The summed E-state index contributed by atoms with van der Waals surface area (Å²) in [6.07, 6.45) is -3.17. The number of rotatable bonds is 6. The number of likely N-dealkylation sites (tertiary alicyclic amines) is 1. The maximum atomic E-state index is 13.0. The van der Waals surface area contributed by atoms with E-state index >= 15 is 0 Å². The van der Waals surface area contributed by atoms with Crippen molar-refractivity contribution in [2.75, 3.05) is 18.5 Å². The molecule has 5 nitrogen and oxygen atoms in total. The third-order valence-electron chi connectivity index (χ3n) is 4.31. The van der Waals surface area contributed by atoms with Crippen molar-refractivity contribution in [3.8, 4) is 5.75 Å². The minimum Gasteiger partial charge on any atom is -0.483 e. The first kappa shape index (κ1) is 19.7. The first-order valence-corrected chi connectivity index (χ1v) is 8.78. The molecule has 2 aromatic carbocycles. The molecule has 0 bridgehead atoms. The lowest BCUT2D eigenvalue weighted by Crippen LogP contribution is -2.24. The molecule has 28 heavy (non-hydrogen) atoms. The molecule has 1 N–H and O–H groups in total. The van der Waals surface area contributed by atoms with E-state index in [2.05, 4.69) is 5.32 Å². The summed E-state index contributed by atoms with van der Waals surface area (Å²) >= 11 is 0. The Morgan fingerprint density at radius 2 is 1.93 bits per heavy atom. The van der Waals surface area contributed by atoms with E-state index in [9.17, 15) is 22.8 Å². The van der Waals surface area contributed by atoms with Gasteiger partial charge in [-0.15, -0.1) is 0 Å². The molecule has 0 unspecified atom stereocenters. The molecule has 2 aromatic rings. The number of nitrogens with zero attached hydrogens (tertiary/aromatic N) is 1. The van der Waals surface area contributed by atoms with Crippen LogP contribution in [0.25, 0.3) is 0 Å². The van der Waals surface area contributed by atoms with Crippen LogP contribution >= 0.6 is 0 Å². The molecule has 1 saturated heterocycles. The summed E-state index contributed by atoms with van der Waals surface area (Å²) in [5, 5.41) is 2.60. The Bertz CT molecular complexity index is 868. The van der Waals surface area contributed by atoms with Gasteiger partial charge in [0.2, 0.25) is 5.91 Å². The predicted octanol–water partition coefficient (Wildman–Crippen LogP) is 3.85. The van der Waals surface area contributed by atoms with Gasteiger partial charge in [-0.25, -0.2) is 0 Å². The van der Waals surface area contributed by atoms with Crippen molar-refractivity contribution < 1.29 is 27.5 Å². The second-order valence-electron chi connectivity index (χ2n) is 6.45. The SMILES string of the molecule is O=C(COc1ccccc1C(F)(F)F)Nc1cccc(CN2CCCC2=O)c1. The van der Waals surface area contributed by atoms with Crippen LogP contribution < -0.4 is 10.1 Å². The zero-order valence-corrected chi connectivity index (χ0v) is 15.0. The number of halogens is 3. The molecular formula is C20H19F3N2O3. The molecule has 148 valence electrons. The molecule has 0 atom stereocenters. The fraction of sp³-hybridized carbons (Fsp3) is 0.300. The molecule has 1 heterocycles. The number of carbonyl (C=O) groups is 2. The number of carbonyl (C=O) groups excluding carboxylic acids is 2. The van der Waals surface area contributed by atoms with Crippen molar-refractivity contribution in [2.45, 2.75) is 25.6 Å². The average Bonchev–Trinajstić information content (AvgIpc) is 3.04. The Morgan fingerprint density at radius 1 is 1.14 bits per heavy atom. The number of alkyl halides is 3. The molecule has 1 fully saturated rings. The van der Waals surface area contributed by atoms with E-state index < -0.39 is 30.0 Å². The third kappa shape index (κ3) is 5.03. The van der Waals surface area contributed by atoms with Crippen molar-refractivity contribution in [1.82, 2.24) is 4.90 Å². The van der Waals surface area contributed by atoms with E-state index in [0.29, 0.717) is 25.2 Å².